The van der Waals surface area contributed by atoms with E-state index in [4.69, 9.17) is 17.3 Å². The molecule has 8 heteroatoms. The zero-order chi connectivity index (χ0) is 22.7. The first-order valence-electron chi connectivity index (χ1n) is 9.95. The third-order valence-corrected chi connectivity index (χ3v) is 5.25. The molecule has 0 aliphatic rings. The molecule has 32 heavy (non-hydrogen) atoms. The van der Waals surface area contributed by atoms with Crippen LogP contribution in [-0.4, -0.2) is 15.8 Å². The summed E-state index contributed by atoms with van der Waals surface area (Å²) in [6.07, 6.45) is 0. The van der Waals surface area contributed by atoms with Gasteiger partial charge in [-0.25, -0.2) is 13.9 Å². The molecule has 6 nitrogen and oxygen atoms in total. The predicted molar refractivity (Wildman–Crippen MR) is 125 cm³/mol. The molecule has 0 spiro atoms. The minimum absolute atomic E-state index is 0.212. The number of nitrogens with zero attached hydrogens (tertiary/aromatic N) is 2. The number of nitrogens with two attached hydrogens (primary N) is 1. The number of urea groups is 1. The SMILES string of the molecule is C[C@H](NC(=O)Nc1c(-c2ccc(Cl)cc2)nn(-c2ccc(F)cc2)c1N)c1ccccc1. The number of hydrogen-bond donors (Lipinski definition) is 3. The number of benzene rings is 3. The van der Waals surface area contributed by atoms with E-state index < -0.39 is 6.03 Å². The molecular formula is C24H21ClFN5O. The van der Waals surface area contributed by atoms with Crippen LogP contribution in [0.25, 0.3) is 16.9 Å². The fourth-order valence-electron chi connectivity index (χ4n) is 3.31. The maximum Gasteiger partial charge on any atom is 0.319 e. The average molecular weight is 450 g/mol. The molecule has 0 saturated carbocycles. The number of rotatable bonds is 5. The molecule has 1 aromatic heterocycles. The van der Waals surface area contributed by atoms with Gasteiger partial charge >= 0.3 is 6.03 Å². The molecule has 162 valence electrons. The molecule has 0 saturated heterocycles. The maximum absolute atomic E-state index is 13.4. The van der Waals surface area contributed by atoms with Crippen molar-refractivity contribution in [1.29, 1.82) is 0 Å². The molecule has 0 unspecified atom stereocenters. The van der Waals surface area contributed by atoms with Crippen LogP contribution in [0.4, 0.5) is 20.7 Å². The van der Waals surface area contributed by atoms with Crippen LogP contribution >= 0.6 is 11.6 Å². The lowest BCUT2D eigenvalue weighted by Gasteiger charge is -2.15. The Hall–Kier alpha value is -3.84. The minimum atomic E-state index is -0.429. The lowest BCUT2D eigenvalue weighted by molar-refractivity contribution is 0.249. The fraction of sp³-hybridized carbons (Fsp3) is 0.0833. The van der Waals surface area contributed by atoms with Gasteiger partial charge in [-0.2, -0.15) is 5.10 Å². The lowest BCUT2D eigenvalue weighted by atomic mass is 10.1. The highest BCUT2D eigenvalue weighted by molar-refractivity contribution is 6.30. The number of anilines is 2. The second-order valence-corrected chi connectivity index (χ2v) is 7.67. The molecule has 0 fully saturated rings. The maximum atomic E-state index is 13.4. The molecule has 0 bridgehead atoms. The summed E-state index contributed by atoms with van der Waals surface area (Å²) < 4.78 is 14.8. The third-order valence-electron chi connectivity index (χ3n) is 5.00. The molecule has 4 aromatic rings. The Kier molecular flexibility index (Phi) is 6.09. The van der Waals surface area contributed by atoms with E-state index in [-0.39, 0.29) is 17.7 Å². The first-order valence-corrected chi connectivity index (χ1v) is 10.3. The molecule has 4 rings (SSSR count). The Balaban J connectivity index is 1.68. The van der Waals surface area contributed by atoms with Gasteiger partial charge in [-0.15, -0.1) is 0 Å². The molecular weight excluding hydrogens is 429 g/mol. The summed E-state index contributed by atoms with van der Waals surface area (Å²) in [5.41, 5.74) is 9.42. The van der Waals surface area contributed by atoms with Crippen LogP contribution in [0.15, 0.2) is 78.9 Å². The molecule has 1 heterocycles. The van der Waals surface area contributed by atoms with Crippen molar-refractivity contribution in [2.24, 2.45) is 0 Å². The lowest BCUT2D eigenvalue weighted by Crippen LogP contribution is -2.31. The van der Waals surface area contributed by atoms with Crippen LogP contribution in [0.3, 0.4) is 0 Å². The summed E-state index contributed by atoms with van der Waals surface area (Å²) in [6.45, 7) is 1.89. The fourth-order valence-corrected chi connectivity index (χ4v) is 3.44. The van der Waals surface area contributed by atoms with Crippen molar-refractivity contribution in [3.63, 3.8) is 0 Å². The zero-order valence-corrected chi connectivity index (χ0v) is 18.0. The number of carbonyl (C=O) groups is 1. The number of aromatic nitrogens is 2. The first kappa shape index (κ1) is 21.4. The predicted octanol–water partition coefficient (Wildman–Crippen LogP) is 5.80. The van der Waals surface area contributed by atoms with Crippen molar-refractivity contribution in [2.75, 3.05) is 11.1 Å². The Morgan fingerprint density at radius 3 is 2.34 bits per heavy atom. The first-order chi connectivity index (χ1) is 15.4. The summed E-state index contributed by atoms with van der Waals surface area (Å²) >= 11 is 6.02. The zero-order valence-electron chi connectivity index (χ0n) is 17.2. The van der Waals surface area contributed by atoms with Gasteiger partial charge in [0.15, 0.2) is 5.82 Å². The Bertz CT molecular complexity index is 1220. The van der Waals surface area contributed by atoms with E-state index in [1.807, 2.05) is 37.3 Å². The topological polar surface area (TPSA) is 85.0 Å². The highest BCUT2D eigenvalue weighted by atomic mass is 35.5. The number of nitrogen functional groups attached to an aromatic ring is 1. The van der Waals surface area contributed by atoms with Gasteiger partial charge in [-0.3, -0.25) is 0 Å². The van der Waals surface area contributed by atoms with Gasteiger partial charge in [0, 0.05) is 10.6 Å². The number of amides is 2. The molecule has 3 aromatic carbocycles. The quantitative estimate of drug-likeness (QED) is 0.360. The summed E-state index contributed by atoms with van der Waals surface area (Å²) in [7, 11) is 0. The largest absolute Gasteiger partial charge is 0.382 e. The smallest absolute Gasteiger partial charge is 0.319 e. The molecule has 0 aliphatic heterocycles. The highest BCUT2D eigenvalue weighted by Crippen LogP contribution is 2.34. The van der Waals surface area contributed by atoms with E-state index in [1.165, 1.54) is 16.8 Å². The van der Waals surface area contributed by atoms with Crippen molar-refractivity contribution in [1.82, 2.24) is 15.1 Å². The Morgan fingerprint density at radius 2 is 1.69 bits per heavy atom. The Morgan fingerprint density at radius 1 is 1.03 bits per heavy atom. The normalized spacial score (nSPS) is 11.7. The van der Waals surface area contributed by atoms with Crippen molar-refractivity contribution in [3.05, 3.63) is 95.3 Å². The summed E-state index contributed by atoms with van der Waals surface area (Å²) in [5, 5.41) is 10.9. The average Bonchev–Trinajstić information content (AvgIpc) is 3.11. The van der Waals surface area contributed by atoms with Gasteiger partial charge in [0.2, 0.25) is 0 Å². The van der Waals surface area contributed by atoms with Gasteiger partial charge < -0.3 is 16.4 Å². The summed E-state index contributed by atoms with van der Waals surface area (Å²) in [6, 6.07) is 21.8. The minimum Gasteiger partial charge on any atom is -0.382 e. The molecule has 0 radical (unpaired) electrons. The number of hydrogen-bond acceptors (Lipinski definition) is 3. The van der Waals surface area contributed by atoms with Crippen molar-refractivity contribution in [3.8, 4) is 16.9 Å². The summed E-state index contributed by atoms with van der Waals surface area (Å²) in [5.74, 6) is -0.158. The van der Waals surface area contributed by atoms with Crippen LogP contribution < -0.4 is 16.4 Å². The van der Waals surface area contributed by atoms with Crippen LogP contribution in [0, 0.1) is 5.82 Å². The van der Waals surface area contributed by atoms with Crippen LogP contribution in [0.2, 0.25) is 5.02 Å². The van der Waals surface area contributed by atoms with Crippen LogP contribution in [0.1, 0.15) is 18.5 Å². The second-order valence-electron chi connectivity index (χ2n) is 7.23. The highest BCUT2D eigenvalue weighted by Gasteiger charge is 2.21. The third kappa shape index (κ3) is 4.58. The van der Waals surface area contributed by atoms with E-state index in [0.717, 1.165) is 5.56 Å². The van der Waals surface area contributed by atoms with E-state index in [0.29, 0.717) is 27.7 Å². The van der Waals surface area contributed by atoms with Gasteiger partial charge in [0.05, 0.1) is 11.7 Å². The second kappa shape index (κ2) is 9.11. The van der Waals surface area contributed by atoms with Crippen molar-refractivity contribution < 1.29 is 9.18 Å². The van der Waals surface area contributed by atoms with Crippen LogP contribution in [0.5, 0.6) is 0 Å². The van der Waals surface area contributed by atoms with Crippen molar-refractivity contribution in [2.45, 2.75) is 13.0 Å². The van der Waals surface area contributed by atoms with Gasteiger partial charge in [-0.05, 0) is 48.9 Å². The van der Waals surface area contributed by atoms with Gasteiger partial charge in [0.1, 0.15) is 17.2 Å². The molecule has 4 N–H and O–H groups in total. The number of halogens is 2. The van der Waals surface area contributed by atoms with Gasteiger partial charge in [0.25, 0.3) is 0 Å². The van der Waals surface area contributed by atoms with E-state index in [2.05, 4.69) is 15.7 Å². The van der Waals surface area contributed by atoms with E-state index in [1.54, 1.807) is 36.4 Å². The Labute approximate surface area is 189 Å². The monoisotopic (exact) mass is 449 g/mol. The van der Waals surface area contributed by atoms with E-state index >= 15 is 0 Å². The number of carbonyl (C=O) groups excluding carboxylic acids is 1. The van der Waals surface area contributed by atoms with Crippen molar-refractivity contribution >= 4 is 29.1 Å². The summed E-state index contributed by atoms with van der Waals surface area (Å²) in [4.78, 5) is 12.8. The molecule has 0 aliphatic carbocycles. The number of nitrogens with one attached hydrogen (secondary N) is 2. The van der Waals surface area contributed by atoms with Crippen LogP contribution in [-0.2, 0) is 0 Å². The van der Waals surface area contributed by atoms with Gasteiger partial charge in [-0.1, -0.05) is 54.1 Å². The standard InChI is InChI=1S/C24H21ClFN5O/c1-15(16-5-3-2-4-6-16)28-24(32)29-22-21(17-7-9-18(25)10-8-17)30-31(23(22)27)20-13-11-19(26)12-14-20/h2-15H,27H2,1H3,(H2,28,29,32)/t15-/m0/s1. The van der Waals surface area contributed by atoms with E-state index in [9.17, 15) is 9.18 Å². The molecule has 1 atom stereocenters. The molecule has 2 amide bonds.